The van der Waals surface area contributed by atoms with Gasteiger partial charge in [-0.1, -0.05) is 41.9 Å². The van der Waals surface area contributed by atoms with E-state index in [2.05, 4.69) is 0 Å². The first kappa shape index (κ1) is 24.3. The first-order valence-corrected chi connectivity index (χ1v) is 11.6. The largest absolute Gasteiger partial charge is 0.493 e. The van der Waals surface area contributed by atoms with Crippen molar-refractivity contribution in [3.05, 3.63) is 103 Å². The lowest BCUT2D eigenvalue weighted by Crippen LogP contribution is -2.27. The Morgan fingerprint density at radius 3 is 2.49 bits per heavy atom. The Balaban J connectivity index is 1.47. The number of nitrogens with zero attached hydrogens (tertiary/aromatic N) is 2. The molecule has 0 spiro atoms. The van der Waals surface area contributed by atoms with E-state index in [1.54, 1.807) is 30.3 Å². The fourth-order valence-corrected chi connectivity index (χ4v) is 4.43. The van der Waals surface area contributed by atoms with Gasteiger partial charge in [0.2, 0.25) is 0 Å². The number of non-ortho nitro benzene ring substituents is 1. The van der Waals surface area contributed by atoms with Crippen LogP contribution in [-0.4, -0.2) is 28.1 Å². The lowest BCUT2D eigenvalue weighted by molar-refractivity contribution is -0.384. The average Bonchev–Trinajstić information content (AvgIpc) is 3.10. The highest BCUT2D eigenvalue weighted by atomic mass is 35.5. The first-order valence-electron chi connectivity index (χ1n) is 10.4. The summed E-state index contributed by atoms with van der Waals surface area (Å²) in [4.78, 5) is 37.0. The molecule has 1 heterocycles. The van der Waals surface area contributed by atoms with Gasteiger partial charge in [-0.2, -0.15) is 0 Å². The Labute approximate surface area is 210 Å². The van der Waals surface area contributed by atoms with E-state index in [0.29, 0.717) is 34.3 Å². The second-order valence-corrected chi connectivity index (χ2v) is 8.95. The summed E-state index contributed by atoms with van der Waals surface area (Å²) in [6, 6.07) is 18.3. The van der Waals surface area contributed by atoms with Crippen molar-refractivity contribution >= 4 is 46.3 Å². The molecule has 3 aromatic rings. The molecule has 3 aromatic carbocycles. The van der Waals surface area contributed by atoms with Crippen molar-refractivity contribution in [3.8, 4) is 11.5 Å². The van der Waals surface area contributed by atoms with Crippen molar-refractivity contribution in [2.24, 2.45) is 0 Å². The lowest BCUT2D eigenvalue weighted by Gasteiger charge is -2.12. The third-order valence-electron chi connectivity index (χ3n) is 5.13. The lowest BCUT2D eigenvalue weighted by atomic mass is 10.1. The Bertz CT molecular complexity index is 1330. The van der Waals surface area contributed by atoms with Gasteiger partial charge in [0.1, 0.15) is 6.61 Å². The number of hydrogen-bond acceptors (Lipinski definition) is 7. The zero-order chi connectivity index (χ0) is 24.9. The van der Waals surface area contributed by atoms with Crippen LogP contribution < -0.4 is 9.47 Å². The van der Waals surface area contributed by atoms with E-state index >= 15 is 0 Å². The molecule has 0 N–H and O–H groups in total. The minimum atomic E-state index is -0.505. The highest BCUT2D eigenvalue weighted by Gasteiger charge is 2.35. The molecule has 2 amide bonds. The predicted molar refractivity (Wildman–Crippen MR) is 133 cm³/mol. The summed E-state index contributed by atoms with van der Waals surface area (Å²) in [5.41, 5.74) is 2.13. The maximum absolute atomic E-state index is 12.8. The van der Waals surface area contributed by atoms with Crippen molar-refractivity contribution < 1.29 is 24.0 Å². The number of ether oxygens (including phenoxy) is 2. The third kappa shape index (κ3) is 5.82. The molecule has 1 aliphatic heterocycles. The standard InChI is InChI=1S/C25H19ClN2O6S/c1-33-22-12-17(7-10-21(22)34-15-18-3-2-4-19(26)11-18)13-23-24(29)27(25(30)35-23)14-16-5-8-20(9-6-16)28(31)32/h2-13H,14-15H2,1H3/b23-13-. The van der Waals surface area contributed by atoms with Gasteiger partial charge in [0.05, 0.1) is 23.5 Å². The highest BCUT2D eigenvalue weighted by molar-refractivity contribution is 8.18. The van der Waals surface area contributed by atoms with Gasteiger partial charge >= 0.3 is 0 Å². The number of thioether (sulfide) groups is 1. The number of carbonyl (C=O) groups is 2. The molecule has 1 aliphatic rings. The molecular formula is C25H19ClN2O6S. The van der Waals surface area contributed by atoms with E-state index in [-0.39, 0.29) is 17.1 Å². The number of carbonyl (C=O) groups excluding carboxylic acids is 2. The molecule has 0 atom stereocenters. The van der Waals surface area contributed by atoms with Gasteiger partial charge in [-0.3, -0.25) is 24.6 Å². The van der Waals surface area contributed by atoms with Crippen molar-refractivity contribution in [2.75, 3.05) is 7.11 Å². The molecule has 8 nitrogen and oxygen atoms in total. The van der Waals surface area contributed by atoms with E-state index in [4.69, 9.17) is 21.1 Å². The van der Waals surface area contributed by atoms with E-state index in [1.807, 2.05) is 18.2 Å². The summed E-state index contributed by atoms with van der Waals surface area (Å²) in [5.74, 6) is 0.570. The number of nitro benzene ring substituents is 1. The summed E-state index contributed by atoms with van der Waals surface area (Å²) in [7, 11) is 1.52. The van der Waals surface area contributed by atoms with E-state index < -0.39 is 16.1 Å². The minimum Gasteiger partial charge on any atom is -0.493 e. The highest BCUT2D eigenvalue weighted by Crippen LogP contribution is 2.35. The molecule has 178 valence electrons. The Morgan fingerprint density at radius 1 is 1.03 bits per heavy atom. The maximum atomic E-state index is 12.8. The number of nitro groups is 1. The number of benzene rings is 3. The molecule has 1 fully saturated rings. The zero-order valence-electron chi connectivity index (χ0n) is 18.5. The summed E-state index contributed by atoms with van der Waals surface area (Å²) < 4.78 is 11.3. The zero-order valence-corrected chi connectivity index (χ0v) is 20.0. The Hall–Kier alpha value is -3.82. The normalized spacial score (nSPS) is 14.5. The number of methoxy groups -OCH3 is 1. The number of imide groups is 1. The molecule has 0 unspecified atom stereocenters. The van der Waals surface area contributed by atoms with Crippen LogP contribution in [-0.2, 0) is 17.9 Å². The van der Waals surface area contributed by atoms with Crippen LogP contribution in [0.2, 0.25) is 5.02 Å². The molecule has 10 heteroatoms. The Kier molecular flexibility index (Phi) is 7.38. The van der Waals surface area contributed by atoms with Crippen molar-refractivity contribution in [1.82, 2.24) is 4.90 Å². The monoisotopic (exact) mass is 510 g/mol. The SMILES string of the molecule is COc1cc(/C=C2\SC(=O)N(Cc3ccc([N+](=O)[O-])cc3)C2=O)ccc1OCc1cccc(Cl)c1. The number of rotatable bonds is 8. The summed E-state index contributed by atoms with van der Waals surface area (Å²) in [6.07, 6.45) is 1.62. The molecule has 4 rings (SSSR count). The van der Waals surface area contributed by atoms with Crippen LogP contribution in [0, 0.1) is 10.1 Å². The topological polar surface area (TPSA) is 99.0 Å². The average molecular weight is 511 g/mol. The van der Waals surface area contributed by atoms with Crippen LogP contribution >= 0.6 is 23.4 Å². The first-order chi connectivity index (χ1) is 16.8. The molecule has 35 heavy (non-hydrogen) atoms. The second-order valence-electron chi connectivity index (χ2n) is 7.52. The number of halogens is 1. The molecule has 1 saturated heterocycles. The van der Waals surface area contributed by atoms with Crippen LogP contribution in [0.4, 0.5) is 10.5 Å². The fourth-order valence-electron chi connectivity index (χ4n) is 3.37. The second kappa shape index (κ2) is 10.6. The van der Waals surface area contributed by atoms with Gasteiger partial charge in [0.15, 0.2) is 11.5 Å². The number of hydrogen-bond donors (Lipinski definition) is 0. The van der Waals surface area contributed by atoms with Crippen LogP contribution in [0.1, 0.15) is 16.7 Å². The number of amides is 2. The minimum absolute atomic E-state index is 0.0274. The van der Waals surface area contributed by atoms with Crippen LogP contribution in [0.3, 0.4) is 0 Å². The van der Waals surface area contributed by atoms with Gasteiger partial charge in [0, 0.05) is 17.2 Å². The smallest absolute Gasteiger partial charge is 0.293 e. The van der Waals surface area contributed by atoms with Crippen molar-refractivity contribution in [2.45, 2.75) is 13.2 Å². The van der Waals surface area contributed by atoms with E-state index in [1.165, 1.54) is 31.4 Å². The van der Waals surface area contributed by atoms with Crippen LogP contribution in [0.5, 0.6) is 11.5 Å². The Morgan fingerprint density at radius 2 is 1.80 bits per heavy atom. The van der Waals surface area contributed by atoms with Gasteiger partial charge in [-0.25, -0.2) is 0 Å². The molecule has 0 radical (unpaired) electrons. The fraction of sp³-hybridized carbons (Fsp3) is 0.120. The van der Waals surface area contributed by atoms with Crippen molar-refractivity contribution in [3.63, 3.8) is 0 Å². The molecule has 0 aliphatic carbocycles. The molecular weight excluding hydrogens is 492 g/mol. The van der Waals surface area contributed by atoms with Gasteiger partial charge < -0.3 is 9.47 Å². The van der Waals surface area contributed by atoms with Crippen molar-refractivity contribution in [1.29, 1.82) is 0 Å². The van der Waals surface area contributed by atoms with Crippen LogP contribution in [0.25, 0.3) is 6.08 Å². The molecule has 0 saturated carbocycles. The summed E-state index contributed by atoms with van der Waals surface area (Å²) in [6.45, 7) is 0.331. The quantitative estimate of drug-likeness (QED) is 0.206. The van der Waals surface area contributed by atoms with Crippen LogP contribution in [0.15, 0.2) is 71.6 Å². The van der Waals surface area contributed by atoms with E-state index in [0.717, 1.165) is 22.2 Å². The van der Waals surface area contributed by atoms with Gasteiger partial charge in [-0.05, 0) is 58.8 Å². The maximum Gasteiger partial charge on any atom is 0.293 e. The predicted octanol–water partition coefficient (Wildman–Crippen LogP) is 6.07. The summed E-state index contributed by atoms with van der Waals surface area (Å²) in [5, 5.41) is 11.0. The summed E-state index contributed by atoms with van der Waals surface area (Å²) >= 11 is 6.85. The van der Waals surface area contributed by atoms with Gasteiger partial charge in [0.25, 0.3) is 16.8 Å². The molecule has 0 aromatic heterocycles. The molecule has 0 bridgehead atoms. The van der Waals surface area contributed by atoms with E-state index in [9.17, 15) is 19.7 Å². The third-order valence-corrected chi connectivity index (χ3v) is 6.27. The van der Waals surface area contributed by atoms with Gasteiger partial charge in [-0.15, -0.1) is 0 Å².